The molecule has 1 saturated carbocycles. The van der Waals surface area contributed by atoms with E-state index in [4.69, 9.17) is 4.98 Å². The molecule has 0 aliphatic heterocycles. The van der Waals surface area contributed by atoms with Gasteiger partial charge < -0.3 is 4.90 Å². The number of hydrogen-bond acceptors (Lipinski definition) is 4. The third-order valence-electron chi connectivity index (χ3n) is 5.38. The molecule has 1 aromatic heterocycles. The Kier molecular flexibility index (Phi) is 6.23. The van der Waals surface area contributed by atoms with Gasteiger partial charge in [0.2, 0.25) is 5.91 Å². The fourth-order valence-electron chi connectivity index (χ4n) is 3.55. The van der Waals surface area contributed by atoms with Crippen LogP contribution in [0.15, 0.2) is 58.5 Å². The van der Waals surface area contributed by atoms with E-state index >= 15 is 0 Å². The van der Waals surface area contributed by atoms with Crippen LogP contribution in [-0.2, 0) is 4.79 Å². The Bertz CT molecular complexity index is 1100. The van der Waals surface area contributed by atoms with Crippen molar-refractivity contribution >= 4 is 28.6 Å². The van der Waals surface area contributed by atoms with Gasteiger partial charge in [0.1, 0.15) is 0 Å². The van der Waals surface area contributed by atoms with Crippen LogP contribution in [0.4, 0.5) is 0 Å². The quantitative estimate of drug-likeness (QED) is 0.399. The van der Waals surface area contributed by atoms with Gasteiger partial charge in [-0.1, -0.05) is 48.5 Å². The average molecular weight is 422 g/mol. The minimum absolute atomic E-state index is 0.109. The molecule has 4 rings (SSSR count). The number of hydrogen-bond donors (Lipinski definition) is 0. The number of carbonyl (C=O) groups excluding carboxylic acids is 1. The molecule has 0 radical (unpaired) electrons. The molecule has 3 aromatic rings. The minimum Gasteiger partial charge on any atom is -0.342 e. The van der Waals surface area contributed by atoms with Crippen molar-refractivity contribution in [2.45, 2.75) is 38.3 Å². The largest absolute Gasteiger partial charge is 0.342 e. The Hall–Kier alpha value is -2.60. The summed E-state index contributed by atoms with van der Waals surface area (Å²) in [6.45, 7) is 5.75. The van der Waals surface area contributed by atoms with E-state index in [0.29, 0.717) is 22.0 Å². The molecule has 2 aromatic carbocycles. The number of aryl methyl sites for hydroxylation is 1. The van der Waals surface area contributed by atoms with Gasteiger partial charge in [-0.25, -0.2) is 4.98 Å². The van der Waals surface area contributed by atoms with Crippen LogP contribution in [-0.4, -0.2) is 39.2 Å². The van der Waals surface area contributed by atoms with E-state index in [-0.39, 0.29) is 17.2 Å². The summed E-state index contributed by atoms with van der Waals surface area (Å²) in [6.07, 6.45) is 3.39. The van der Waals surface area contributed by atoms with Crippen LogP contribution in [0.3, 0.4) is 0 Å². The lowest BCUT2D eigenvalue weighted by molar-refractivity contribution is -0.128. The first-order valence-corrected chi connectivity index (χ1v) is 11.5. The van der Waals surface area contributed by atoms with E-state index < -0.39 is 0 Å². The number of nitrogens with zero attached hydrogens (tertiary/aromatic N) is 3. The number of rotatable bonds is 8. The zero-order valence-corrected chi connectivity index (χ0v) is 18.3. The van der Waals surface area contributed by atoms with Gasteiger partial charge in [-0.3, -0.25) is 14.2 Å². The van der Waals surface area contributed by atoms with Crippen LogP contribution in [0.25, 0.3) is 16.6 Å². The van der Waals surface area contributed by atoms with E-state index in [0.717, 1.165) is 30.8 Å². The topological polar surface area (TPSA) is 55.2 Å². The highest BCUT2D eigenvalue weighted by molar-refractivity contribution is 7.99. The van der Waals surface area contributed by atoms with Crippen molar-refractivity contribution in [3.8, 4) is 5.69 Å². The Morgan fingerprint density at radius 1 is 1.17 bits per heavy atom. The van der Waals surface area contributed by atoms with Gasteiger partial charge >= 0.3 is 0 Å². The van der Waals surface area contributed by atoms with Crippen molar-refractivity contribution in [1.29, 1.82) is 0 Å². The summed E-state index contributed by atoms with van der Waals surface area (Å²) < 4.78 is 1.63. The number of para-hydroxylation sites is 1. The van der Waals surface area contributed by atoms with Gasteiger partial charge in [0, 0.05) is 13.1 Å². The van der Waals surface area contributed by atoms with Gasteiger partial charge in [-0.2, -0.15) is 0 Å². The normalized spacial score (nSPS) is 13.5. The first kappa shape index (κ1) is 20.7. The number of fused-ring (bicyclic) bond motifs is 1. The molecule has 1 aliphatic carbocycles. The summed E-state index contributed by atoms with van der Waals surface area (Å²) in [7, 11) is 0. The van der Waals surface area contributed by atoms with Crippen LogP contribution in [0, 0.1) is 12.8 Å². The average Bonchev–Trinajstić information content (AvgIpc) is 3.57. The highest BCUT2D eigenvalue weighted by Crippen LogP contribution is 2.30. The Labute approximate surface area is 181 Å². The Morgan fingerprint density at radius 3 is 2.60 bits per heavy atom. The maximum absolute atomic E-state index is 13.3. The molecule has 0 saturated heterocycles. The van der Waals surface area contributed by atoms with Crippen LogP contribution in [0.1, 0.15) is 31.7 Å². The molecule has 1 aliphatic rings. The second-order valence-electron chi connectivity index (χ2n) is 7.96. The standard InChI is InChI=1S/C24H27N3O2S/c1-3-14-26(15-18-10-11-18)22(28)16-30-24-25-21-7-5-4-6-20(21)23(29)27(24)19-12-8-17(2)9-13-19/h4-9,12-13,18H,3,10-11,14-16H2,1-2H3. The monoisotopic (exact) mass is 421 g/mol. The summed E-state index contributed by atoms with van der Waals surface area (Å²) in [6, 6.07) is 15.2. The first-order chi connectivity index (χ1) is 14.6. The minimum atomic E-state index is -0.109. The maximum Gasteiger partial charge on any atom is 0.266 e. The summed E-state index contributed by atoms with van der Waals surface area (Å²) in [5, 5.41) is 1.13. The van der Waals surface area contributed by atoms with Crippen LogP contribution < -0.4 is 5.56 Å². The molecule has 0 N–H and O–H groups in total. The van der Waals surface area contributed by atoms with Crippen molar-refractivity contribution in [3.63, 3.8) is 0 Å². The fraction of sp³-hybridized carbons (Fsp3) is 0.375. The molecule has 6 heteroatoms. The van der Waals surface area contributed by atoms with E-state index in [2.05, 4.69) is 6.92 Å². The third-order valence-corrected chi connectivity index (χ3v) is 6.31. The summed E-state index contributed by atoms with van der Waals surface area (Å²) in [5.41, 5.74) is 2.44. The molecule has 0 atom stereocenters. The van der Waals surface area contributed by atoms with Gasteiger partial charge in [-0.15, -0.1) is 0 Å². The lowest BCUT2D eigenvalue weighted by atomic mass is 10.2. The Morgan fingerprint density at radius 2 is 1.90 bits per heavy atom. The molecule has 156 valence electrons. The first-order valence-electron chi connectivity index (χ1n) is 10.6. The second kappa shape index (κ2) is 9.04. The SMILES string of the molecule is CCCN(CC1CC1)C(=O)CSc1nc2ccccc2c(=O)n1-c1ccc(C)cc1. The van der Waals surface area contributed by atoms with Crippen molar-refractivity contribution in [3.05, 3.63) is 64.4 Å². The fourth-order valence-corrected chi connectivity index (χ4v) is 4.46. The molecule has 0 unspecified atom stereocenters. The van der Waals surface area contributed by atoms with Crippen LogP contribution in [0.2, 0.25) is 0 Å². The van der Waals surface area contributed by atoms with E-state index in [1.807, 2.05) is 54.3 Å². The van der Waals surface area contributed by atoms with Crippen LogP contribution in [0.5, 0.6) is 0 Å². The number of benzene rings is 2. The molecular formula is C24H27N3O2S. The molecule has 5 nitrogen and oxygen atoms in total. The maximum atomic E-state index is 13.3. The number of thioether (sulfide) groups is 1. The van der Waals surface area contributed by atoms with Crippen molar-refractivity contribution in [1.82, 2.24) is 14.5 Å². The van der Waals surface area contributed by atoms with Crippen LogP contribution >= 0.6 is 11.8 Å². The molecular weight excluding hydrogens is 394 g/mol. The predicted molar refractivity (Wildman–Crippen MR) is 122 cm³/mol. The lowest BCUT2D eigenvalue weighted by Gasteiger charge is -2.22. The van der Waals surface area contributed by atoms with Gasteiger partial charge in [-0.05, 0) is 56.4 Å². The van der Waals surface area contributed by atoms with Gasteiger partial charge in [0.05, 0.1) is 22.3 Å². The summed E-state index contributed by atoms with van der Waals surface area (Å²) in [5.74, 6) is 1.06. The Balaban J connectivity index is 1.66. The summed E-state index contributed by atoms with van der Waals surface area (Å²) in [4.78, 5) is 32.9. The van der Waals surface area contributed by atoms with Crippen molar-refractivity contribution in [2.75, 3.05) is 18.8 Å². The number of aromatic nitrogens is 2. The highest BCUT2D eigenvalue weighted by atomic mass is 32.2. The zero-order valence-electron chi connectivity index (χ0n) is 17.5. The van der Waals surface area contributed by atoms with E-state index in [1.165, 1.54) is 24.6 Å². The van der Waals surface area contributed by atoms with Gasteiger partial charge in [0.25, 0.3) is 5.56 Å². The molecule has 1 fully saturated rings. The molecule has 1 amide bonds. The van der Waals surface area contributed by atoms with Gasteiger partial charge in [0.15, 0.2) is 5.16 Å². The van der Waals surface area contributed by atoms with E-state index in [1.54, 1.807) is 10.6 Å². The smallest absolute Gasteiger partial charge is 0.266 e. The predicted octanol–water partition coefficient (Wildman–Crippen LogP) is 4.43. The second-order valence-corrected chi connectivity index (χ2v) is 8.90. The number of carbonyl (C=O) groups is 1. The highest BCUT2D eigenvalue weighted by Gasteiger charge is 2.26. The van der Waals surface area contributed by atoms with Crippen molar-refractivity contribution < 1.29 is 4.79 Å². The molecule has 1 heterocycles. The molecule has 0 spiro atoms. The zero-order chi connectivity index (χ0) is 21.1. The van der Waals surface area contributed by atoms with E-state index in [9.17, 15) is 9.59 Å². The summed E-state index contributed by atoms with van der Waals surface area (Å²) >= 11 is 1.35. The molecule has 30 heavy (non-hydrogen) atoms. The van der Waals surface area contributed by atoms with Crippen molar-refractivity contribution in [2.24, 2.45) is 5.92 Å². The molecule has 0 bridgehead atoms. The lowest BCUT2D eigenvalue weighted by Crippen LogP contribution is -2.35. The third kappa shape index (κ3) is 4.59. The number of amides is 1.